The fourth-order valence-corrected chi connectivity index (χ4v) is 3.29. The van der Waals surface area contributed by atoms with Gasteiger partial charge in [0.15, 0.2) is 17.1 Å². The molecular formula is C21H15F6N3O5. The van der Waals surface area contributed by atoms with E-state index >= 15 is 0 Å². The van der Waals surface area contributed by atoms with Crippen molar-refractivity contribution in [1.82, 2.24) is 15.2 Å². The lowest BCUT2D eigenvalue weighted by atomic mass is 9.96. The minimum Gasteiger partial charge on any atom is -0.508 e. The summed E-state index contributed by atoms with van der Waals surface area (Å²) in [5.41, 5.74) is 0.0596. The fourth-order valence-electron chi connectivity index (χ4n) is 3.29. The van der Waals surface area contributed by atoms with Crippen molar-refractivity contribution in [2.75, 3.05) is 14.2 Å². The number of aromatic amines is 1. The van der Waals surface area contributed by atoms with Crippen LogP contribution in [0.3, 0.4) is 0 Å². The fraction of sp³-hybridized carbons (Fsp3) is 0.190. The summed E-state index contributed by atoms with van der Waals surface area (Å²) in [5, 5.41) is 23.5. The van der Waals surface area contributed by atoms with Crippen molar-refractivity contribution >= 4 is 27.8 Å². The smallest absolute Gasteiger partial charge is 0.490 e. The molecule has 0 unspecified atom stereocenters. The molecule has 0 bridgehead atoms. The maximum Gasteiger partial charge on any atom is 0.490 e. The van der Waals surface area contributed by atoms with Gasteiger partial charge in [-0.15, -0.1) is 0 Å². The second-order valence-electron chi connectivity index (χ2n) is 6.85. The number of carboxylic acids is 1. The first-order chi connectivity index (χ1) is 16.3. The molecule has 0 saturated carbocycles. The number of hydrogen-bond acceptors (Lipinski definition) is 6. The Bertz CT molecular complexity index is 1380. The monoisotopic (exact) mass is 503 g/mol. The number of fused-ring (bicyclic) bond motifs is 3. The van der Waals surface area contributed by atoms with Crippen molar-refractivity contribution in [3.63, 3.8) is 0 Å². The summed E-state index contributed by atoms with van der Waals surface area (Å²) in [6, 6.07) is 7.48. The first kappa shape index (κ1) is 25.4. The first-order valence-corrected chi connectivity index (χ1v) is 9.38. The van der Waals surface area contributed by atoms with Crippen LogP contribution in [0.4, 0.5) is 26.3 Å². The van der Waals surface area contributed by atoms with Gasteiger partial charge in [0.2, 0.25) is 0 Å². The second-order valence-corrected chi connectivity index (χ2v) is 6.85. The van der Waals surface area contributed by atoms with E-state index in [1.165, 1.54) is 31.5 Å². The van der Waals surface area contributed by atoms with Crippen LogP contribution in [-0.4, -0.2) is 51.8 Å². The zero-order valence-corrected chi connectivity index (χ0v) is 17.7. The van der Waals surface area contributed by atoms with Crippen LogP contribution in [0.25, 0.3) is 33.1 Å². The highest BCUT2D eigenvalue weighted by molar-refractivity contribution is 6.13. The molecule has 0 radical (unpaired) electrons. The SMILES string of the molecule is COc1cc2c(-c3ccc(O)cc3)nc3[nH]ncc3c2c(C(F)(F)F)c1OC.O=C(O)C(F)(F)F. The Morgan fingerprint density at radius 2 is 1.60 bits per heavy atom. The minimum absolute atomic E-state index is 0.0332. The number of pyridine rings is 1. The lowest BCUT2D eigenvalue weighted by Gasteiger charge is -2.19. The zero-order valence-electron chi connectivity index (χ0n) is 17.7. The standard InChI is InChI=1S/C19H14F3N3O3.C2HF3O2/c1-27-13-7-11-14(15(17(13)28-2)19(20,21)22)12-8-23-25-18(12)24-16(11)9-3-5-10(26)6-4-9;3-2(4,5)1(6)7/h3-8,26H,1-2H3,(H,23,24,25);(H,6,7). The summed E-state index contributed by atoms with van der Waals surface area (Å²) in [4.78, 5) is 13.3. The lowest BCUT2D eigenvalue weighted by molar-refractivity contribution is -0.192. The summed E-state index contributed by atoms with van der Waals surface area (Å²) >= 11 is 0. The number of alkyl halides is 6. The first-order valence-electron chi connectivity index (χ1n) is 9.38. The van der Waals surface area contributed by atoms with Crippen LogP contribution in [0.1, 0.15) is 5.56 Å². The molecule has 0 aliphatic carbocycles. The predicted octanol–water partition coefficient (Wildman–Crippen LogP) is 5.15. The molecular weight excluding hydrogens is 488 g/mol. The molecule has 8 nitrogen and oxygen atoms in total. The molecule has 4 aromatic rings. The van der Waals surface area contributed by atoms with Crippen molar-refractivity contribution in [3.8, 4) is 28.5 Å². The molecule has 35 heavy (non-hydrogen) atoms. The molecule has 0 aliphatic rings. The van der Waals surface area contributed by atoms with Crippen LogP contribution in [0.15, 0.2) is 36.5 Å². The number of aromatic nitrogens is 3. The third-order valence-corrected chi connectivity index (χ3v) is 4.70. The Balaban J connectivity index is 0.000000429. The van der Waals surface area contributed by atoms with Crippen LogP contribution in [0.5, 0.6) is 17.2 Å². The molecule has 0 spiro atoms. The molecule has 14 heteroatoms. The van der Waals surface area contributed by atoms with Gasteiger partial charge in [0.1, 0.15) is 11.3 Å². The van der Waals surface area contributed by atoms with Gasteiger partial charge in [0, 0.05) is 21.7 Å². The topological polar surface area (TPSA) is 118 Å². The number of nitrogens with one attached hydrogen (secondary N) is 1. The number of hydrogen-bond donors (Lipinski definition) is 3. The van der Waals surface area contributed by atoms with E-state index in [1.54, 1.807) is 12.1 Å². The molecule has 0 atom stereocenters. The molecule has 2 aromatic carbocycles. The van der Waals surface area contributed by atoms with Crippen molar-refractivity contribution in [1.29, 1.82) is 0 Å². The van der Waals surface area contributed by atoms with E-state index in [0.717, 1.165) is 7.11 Å². The van der Waals surface area contributed by atoms with Gasteiger partial charge in [0.25, 0.3) is 0 Å². The number of benzene rings is 2. The van der Waals surface area contributed by atoms with Gasteiger partial charge in [-0.1, -0.05) is 0 Å². The van der Waals surface area contributed by atoms with Crippen LogP contribution in [0, 0.1) is 0 Å². The second kappa shape index (κ2) is 9.19. The molecule has 186 valence electrons. The van der Waals surface area contributed by atoms with Gasteiger partial charge in [-0.2, -0.15) is 31.4 Å². The Morgan fingerprint density at radius 1 is 1.00 bits per heavy atom. The largest absolute Gasteiger partial charge is 0.508 e. The molecule has 4 rings (SSSR count). The van der Waals surface area contributed by atoms with E-state index in [0.29, 0.717) is 11.3 Å². The number of carboxylic acid groups (broad SMARTS) is 1. The summed E-state index contributed by atoms with van der Waals surface area (Å²) in [6.07, 6.45) is -8.50. The van der Waals surface area contributed by atoms with E-state index in [1.807, 2.05) is 0 Å². The van der Waals surface area contributed by atoms with Gasteiger partial charge in [-0.05, 0) is 30.3 Å². The van der Waals surface area contributed by atoms with Gasteiger partial charge < -0.3 is 19.7 Å². The number of rotatable bonds is 3. The highest BCUT2D eigenvalue weighted by Gasteiger charge is 2.40. The van der Waals surface area contributed by atoms with Crippen molar-refractivity contribution in [2.24, 2.45) is 0 Å². The van der Waals surface area contributed by atoms with E-state index < -0.39 is 29.6 Å². The Morgan fingerprint density at radius 3 is 2.09 bits per heavy atom. The van der Waals surface area contributed by atoms with E-state index in [9.17, 15) is 31.4 Å². The van der Waals surface area contributed by atoms with Gasteiger partial charge in [-0.25, -0.2) is 9.78 Å². The number of phenols is 1. The summed E-state index contributed by atoms with van der Waals surface area (Å²) < 4.78 is 84.2. The van der Waals surface area contributed by atoms with E-state index in [2.05, 4.69) is 15.2 Å². The van der Waals surface area contributed by atoms with E-state index in [-0.39, 0.29) is 33.3 Å². The molecule has 0 aliphatic heterocycles. The van der Waals surface area contributed by atoms with Crippen LogP contribution < -0.4 is 9.47 Å². The van der Waals surface area contributed by atoms with Crippen LogP contribution in [0.2, 0.25) is 0 Å². The predicted molar refractivity (Wildman–Crippen MR) is 110 cm³/mol. The normalized spacial score (nSPS) is 11.8. The average Bonchev–Trinajstić information content (AvgIpc) is 3.25. The molecule has 2 aromatic heterocycles. The number of H-pyrrole nitrogens is 1. The molecule has 0 fully saturated rings. The minimum atomic E-state index is -5.08. The summed E-state index contributed by atoms with van der Waals surface area (Å²) in [5.74, 6) is -3.20. The third-order valence-electron chi connectivity index (χ3n) is 4.70. The third kappa shape index (κ3) is 5.00. The summed E-state index contributed by atoms with van der Waals surface area (Å²) in [6.45, 7) is 0. The maximum atomic E-state index is 14.1. The van der Waals surface area contributed by atoms with E-state index in [4.69, 9.17) is 19.4 Å². The van der Waals surface area contributed by atoms with Crippen molar-refractivity contribution in [3.05, 3.63) is 42.1 Å². The Labute approximate surface area is 191 Å². The number of phenolic OH excluding ortho intramolecular Hbond substituents is 1. The highest BCUT2D eigenvalue weighted by Crippen LogP contribution is 2.49. The number of nitrogens with zero attached hydrogens (tertiary/aromatic N) is 2. The van der Waals surface area contributed by atoms with Gasteiger partial charge >= 0.3 is 18.3 Å². The number of ether oxygens (including phenoxy) is 2. The average molecular weight is 503 g/mol. The van der Waals surface area contributed by atoms with Crippen LogP contribution in [-0.2, 0) is 11.0 Å². The number of methoxy groups -OCH3 is 2. The lowest BCUT2D eigenvalue weighted by Crippen LogP contribution is -2.21. The number of aliphatic carboxylic acids is 1. The maximum absolute atomic E-state index is 14.1. The van der Waals surface area contributed by atoms with Crippen molar-refractivity contribution in [2.45, 2.75) is 12.4 Å². The number of halogens is 6. The van der Waals surface area contributed by atoms with Crippen LogP contribution >= 0.6 is 0 Å². The Kier molecular flexibility index (Phi) is 6.67. The number of carbonyl (C=O) groups is 1. The zero-order chi connectivity index (χ0) is 26.1. The summed E-state index contributed by atoms with van der Waals surface area (Å²) in [7, 11) is 2.43. The number of aromatic hydroxyl groups is 1. The Hall–Kier alpha value is -4.23. The van der Waals surface area contributed by atoms with Crippen molar-refractivity contribution < 1.29 is 50.8 Å². The molecule has 3 N–H and O–H groups in total. The van der Waals surface area contributed by atoms with Gasteiger partial charge in [-0.3, -0.25) is 5.10 Å². The quantitative estimate of drug-likeness (QED) is 0.331. The van der Waals surface area contributed by atoms with Gasteiger partial charge in [0.05, 0.1) is 26.1 Å². The molecule has 0 amide bonds. The molecule has 2 heterocycles. The molecule has 0 saturated heterocycles. The highest BCUT2D eigenvalue weighted by atomic mass is 19.4.